The van der Waals surface area contributed by atoms with Crippen molar-refractivity contribution in [2.75, 3.05) is 7.05 Å². The van der Waals surface area contributed by atoms with E-state index in [0.717, 1.165) is 46.6 Å². The number of allylic oxidation sites excluding steroid dienone is 1. The molecule has 0 saturated heterocycles. The molecule has 2 aliphatic rings. The molecule has 1 heterocycles. The van der Waals surface area contributed by atoms with Gasteiger partial charge in [-0.3, -0.25) is 0 Å². The summed E-state index contributed by atoms with van der Waals surface area (Å²) in [7, 11) is 8.56. The minimum absolute atomic E-state index is 0.0525. The molecule has 2 aromatic carbocycles. The van der Waals surface area contributed by atoms with Crippen molar-refractivity contribution in [2.24, 2.45) is 5.73 Å². The molecular weight excluding hydrogens is 397 g/mol. The van der Waals surface area contributed by atoms with Gasteiger partial charge in [0, 0.05) is 0 Å². The van der Waals surface area contributed by atoms with Crippen LogP contribution in [0.2, 0.25) is 0 Å². The van der Waals surface area contributed by atoms with Crippen molar-refractivity contribution in [3.05, 3.63) is 89.2 Å². The van der Waals surface area contributed by atoms with Gasteiger partial charge in [-0.15, -0.1) is 0 Å². The molecule has 1 aliphatic carbocycles. The summed E-state index contributed by atoms with van der Waals surface area (Å²) in [5.41, 5.74) is 11.2. The molecule has 2 aromatic rings. The van der Waals surface area contributed by atoms with E-state index < -0.39 is 0 Å². The molecule has 3 N–H and O–H groups in total. The fourth-order valence-corrected chi connectivity index (χ4v) is 4.07. The Morgan fingerprint density at radius 1 is 1.28 bits per heavy atom. The van der Waals surface area contributed by atoms with E-state index in [1.54, 1.807) is 0 Å². The first kappa shape index (κ1) is 22.1. The molecule has 4 rings (SSSR count). The van der Waals surface area contributed by atoms with Crippen molar-refractivity contribution < 1.29 is 14.0 Å². The number of nitrogens with one attached hydrogen (secondary N) is 1. The third kappa shape index (κ3) is 4.15. The number of nitrogens with zero attached hydrogens (tertiary/aromatic N) is 1. The van der Waals surface area contributed by atoms with Crippen LogP contribution in [0.1, 0.15) is 54.5 Å². The number of rotatable bonds is 9. The molecule has 1 unspecified atom stereocenters. The molecule has 1 aliphatic heterocycles. The standard InChI is InChI=1S/C26H30BN3O2/c1-16(2)31-17(3)20-12-21(25-30(5)18(4)32-25)14-22(13-20)26(10-11-26)29-24(27)23-9-7-6-8-19(23)15-28/h6-9,12-14,18,29H,1,3,10-11,15,28H2,2,4-5H3/q+1. The van der Waals surface area contributed by atoms with Gasteiger partial charge in [-0.1, -0.05) is 0 Å². The van der Waals surface area contributed by atoms with Crippen molar-refractivity contribution in [3.63, 3.8) is 0 Å². The number of nitrogens with two attached hydrogens (primary N) is 1. The van der Waals surface area contributed by atoms with Gasteiger partial charge in [0.2, 0.25) is 0 Å². The van der Waals surface area contributed by atoms with Gasteiger partial charge < -0.3 is 0 Å². The summed E-state index contributed by atoms with van der Waals surface area (Å²) < 4.78 is 13.7. The van der Waals surface area contributed by atoms with Crippen molar-refractivity contribution in [2.45, 2.75) is 45.0 Å². The van der Waals surface area contributed by atoms with Crippen LogP contribution in [0.3, 0.4) is 0 Å². The third-order valence-electron chi connectivity index (χ3n) is 6.15. The molecular formula is C26H30BN3O2+. The van der Waals surface area contributed by atoms with Crippen LogP contribution in [0.15, 0.2) is 61.4 Å². The van der Waals surface area contributed by atoms with Gasteiger partial charge in [-0.2, -0.15) is 0 Å². The first-order valence-corrected chi connectivity index (χ1v) is 10.9. The average Bonchev–Trinajstić information content (AvgIpc) is 3.56. The van der Waals surface area contributed by atoms with Crippen molar-refractivity contribution in [1.82, 2.24) is 5.32 Å². The molecule has 6 heteroatoms. The molecule has 5 nitrogen and oxygen atoms in total. The number of hydrogen-bond donors (Lipinski definition) is 2. The summed E-state index contributed by atoms with van der Waals surface area (Å²) in [6.07, 6.45) is 1.99. The van der Waals surface area contributed by atoms with Gasteiger partial charge in [0.1, 0.15) is 0 Å². The van der Waals surface area contributed by atoms with Crippen LogP contribution >= 0.6 is 0 Å². The Labute approximate surface area is 191 Å². The zero-order valence-corrected chi connectivity index (χ0v) is 19.1. The quantitative estimate of drug-likeness (QED) is 0.366. The maximum absolute atomic E-state index is 6.53. The molecule has 1 saturated carbocycles. The first-order chi connectivity index (χ1) is 15.2. The van der Waals surface area contributed by atoms with Crippen LogP contribution in [0.5, 0.6) is 0 Å². The molecule has 0 spiro atoms. The molecule has 32 heavy (non-hydrogen) atoms. The SMILES string of the molecule is [B]=C(NC1(c2cc(C(=C)OC(=C)C)cc(C3=[N+](C)C(C)O3)c2)CC1)c1ccccc1CN. The number of ether oxygens (including phenoxy) is 2. The average molecular weight is 427 g/mol. The van der Waals surface area contributed by atoms with Crippen molar-refractivity contribution in [1.29, 1.82) is 0 Å². The van der Waals surface area contributed by atoms with E-state index in [-0.39, 0.29) is 11.8 Å². The minimum atomic E-state index is -0.255. The van der Waals surface area contributed by atoms with E-state index in [2.05, 4.69) is 35.2 Å². The fourth-order valence-electron chi connectivity index (χ4n) is 4.07. The van der Waals surface area contributed by atoms with E-state index in [1.165, 1.54) is 0 Å². The third-order valence-corrected chi connectivity index (χ3v) is 6.15. The molecule has 1 radical (unpaired) electrons. The van der Waals surface area contributed by atoms with E-state index in [0.29, 0.717) is 23.7 Å². The van der Waals surface area contributed by atoms with Crippen LogP contribution in [0.4, 0.5) is 0 Å². The summed E-state index contributed by atoms with van der Waals surface area (Å²) in [6.45, 7) is 12.2. The number of hydrogen-bond acceptors (Lipinski definition) is 4. The van der Waals surface area contributed by atoms with E-state index in [9.17, 15) is 0 Å². The van der Waals surface area contributed by atoms with Crippen molar-refractivity contribution in [3.8, 4) is 0 Å². The van der Waals surface area contributed by atoms with Crippen molar-refractivity contribution >= 4 is 24.7 Å². The molecule has 1 atom stereocenters. The Hall–Kier alpha value is -3.12. The van der Waals surface area contributed by atoms with Crippen LogP contribution in [0.25, 0.3) is 5.76 Å². The molecule has 0 amide bonds. The van der Waals surface area contributed by atoms with E-state index in [1.807, 2.05) is 51.2 Å². The van der Waals surface area contributed by atoms with Crippen LogP contribution in [-0.2, 0) is 21.6 Å². The zero-order valence-electron chi connectivity index (χ0n) is 19.1. The second-order valence-electron chi connectivity index (χ2n) is 8.64. The van der Waals surface area contributed by atoms with Gasteiger partial charge in [-0.25, -0.2) is 0 Å². The second-order valence-corrected chi connectivity index (χ2v) is 8.64. The molecule has 0 aromatic heterocycles. The summed E-state index contributed by atoms with van der Waals surface area (Å²) in [4.78, 5) is 0. The molecule has 163 valence electrons. The monoisotopic (exact) mass is 427 g/mol. The maximum atomic E-state index is 6.53. The van der Waals surface area contributed by atoms with Crippen LogP contribution in [0, 0.1) is 0 Å². The Morgan fingerprint density at radius 2 is 2.00 bits per heavy atom. The summed E-state index contributed by atoms with van der Waals surface area (Å²) in [5.74, 6) is 1.98. The van der Waals surface area contributed by atoms with Gasteiger partial charge in [0.05, 0.1) is 0 Å². The van der Waals surface area contributed by atoms with Crippen LogP contribution in [-0.4, -0.2) is 36.8 Å². The Kier molecular flexibility index (Phi) is 5.82. The second kappa shape index (κ2) is 8.43. The predicted octanol–water partition coefficient (Wildman–Crippen LogP) is 3.36. The summed E-state index contributed by atoms with van der Waals surface area (Å²) >= 11 is 0. The fraction of sp³-hybridized carbons (Fsp3) is 0.308. The van der Waals surface area contributed by atoms with E-state index in [4.69, 9.17) is 22.7 Å². The zero-order chi connectivity index (χ0) is 23.0. The van der Waals surface area contributed by atoms with Gasteiger partial charge in [0.25, 0.3) is 0 Å². The van der Waals surface area contributed by atoms with Gasteiger partial charge in [0.15, 0.2) is 0 Å². The first-order valence-electron chi connectivity index (χ1n) is 10.9. The Balaban J connectivity index is 1.71. The number of benzene rings is 2. The molecule has 0 bridgehead atoms. The summed E-state index contributed by atoms with van der Waals surface area (Å²) in [5, 5.41) is 3.59. The van der Waals surface area contributed by atoms with Gasteiger partial charge >= 0.3 is 191 Å². The Bertz CT molecular complexity index is 1150. The predicted molar refractivity (Wildman–Crippen MR) is 130 cm³/mol. The topological polar surface area (TPSA) is 59.5 Å². The van der Waals surface area contributed by atoms with Crippen LogP contribution < -0.4 is 11.1 Å². The van der Waals surface area contributed by atoms with Gasteiger partial charge in [-0.05, 0) is 0 Å². The summed E-state index contributed by atoms with van der Waals surface area (Å²) in [6, 6.07) is 14.3. The Morgan fingerprint density at radius 3 is 2.59 bits per heavy atom. The van der Waals surface area contributed by atoms with E-state index >= 15 is 0 Å². The molecule has 1 fully saturated rings. The normalized spacial score (nSPS) is 18.3.